The molecular formula is Br5Os. The molecule has 0 aromatic rings. The van der Waals surface area contributed by atoms with Crippen LogP contribution >= 0.6 is 67.8 Å². The fourth-order valence-electron chi connectivity index (χ4n) is 0. The van der Waals surface area contributed by atoms with Gasteiger partial charge >= 0.3 is 71.7 Å². The van der Waals surface area contributed by atoms with Gasteiger partial charge in [-0.15, -0.1) is 0 Å². The SMILES string of the molecule is [Br][Os]([Br])([Br])([Br])[Br]. The van der Waals surface area contributed by atoms with Crippen molar-refractivity contribution in [1.82, 2.24) is 0 Å². The average Bonchev–Trinajstić information content (AvgIpc) is 0.650. The van der Waals surface area contributed by atoms with Crippen LogP contribution in [-0.2, 0) is 3.94 Å². The van der Waals surface area contributed by atoms with E-state index in [0.29, 0.717) is 0 Å². The Labute approximate surface area is 70.2 Å². The average molecular weight is 590 g/mol. The molecular weight excluding hydrogens is 590 g/mol. The Kier molecular flexibility index (Phi) is 3.53. The van der Waals surface area contributed by atoms with Crippen LogP contribution < -0.4 is 0 Å². The Morgan fingerprint density at radius 2 is 0.667 bits per heavy atom. The topological polar surface area (TPSA) is 0 Å². The molecule has 0 fully saturated rings. The van der Waals surface area contributed by atoms with Gasteiger partial charge in [-0.3, -0.25) is 0 Å². The third-order valence-electron chi connectivity index (χ3n) is 0. The number of hydrogen-bond acceptors (Lipinski definition) is 0. The molecule has 0 saturated carbocycles. The summed E-state index contributed by atoms with van der Waals surface area (Å²) >= 11 is 16.7. The van der Waals surface area contributed by atoms with Crippen molar-refractivity contribution in [1.29, 1.82) is 0 Å². The van der Waals surface area contributed by atoms with E-state index in [1.165, 1.54) is 0 Å². The van der Waals surface area contributed by atoms with Crippen molar-refractivity contribution >= 4 is 67.8 Å². The van der Waals surface area contributed by atoms with Crippen molar-refractivity contribution in [3.8, 4) is 0 Å². The summed E-state index contributed by atoms with van der Waals surface area (Å²) in [5, 5.41) is 0. The summed E-state index contributed by atoms with van der Waals surface area (Å²) in [4.78, 5) is 0. The van der Waals surface area contributed by atoms with E-state index in [1.807, 2.05) is 0 Å². The fraction of sp³-hybridized carbons (Fsp3) is 0. The molecule has 0 heterocycles. The van der Waals surface area contributed by atoms with Crippen molar-refractivity contribution in [3.05, 3.63) is 0 Å². The first-order chi connectivity index (χ1) is 2.24. The first-order valence-electron chi connectivity index (χ1n) is 0.668. The van der Waals surface area contributed by atoms with Gasteiger partial charge in [0, 0.05) is 0 Å². The van der Waals surface area contributed by atoms with Gasteiger partial charge in [0.1, 0.15) is 0 Å². The van der Waals surface area contributed by atoms with Crippen LogP contribution in [-0.4, -0.2) is 0 Å². The van der Waals surface area contributed by atoms with Crippen LogP contribution in [0.15, 0.2) is 0 Å². The van der Waals surface area contributed by atoms with Gasteiger partial charge in [0.2, 0.25) is 0 Å². The summed E-state index contributed by atoms with van der Waals surface area (Å²) in [5.74, 6) is 0. The molecule has 0 N–H and O–H groups in total. The molecule has 0 bridgehead atoms. The van der Waals surface area contributed by atoms with Crippen LogP contribution in [0.1, 0.15) is 0 Å². The van der Waals surface area contributed by atoms with Gasteiger partial charge in [-0.2, -0.15) is 0 Å². The second kappa shape index (κ2) is 2.34. The molecule has 0 aliphatic heterocycles. The van der Waals surface area contributed by atoms with Gasteiger partial charge in [-0.1, -0.05) is 0 Å². The van der Waals surface area contributed by atoms with E-state index >= 15 is 0 Å². The van der Waals surface area contributed by atoms with Crippen LogP contribution in [0, 0.1) is 0 Å². The van der Waals surface area contributed by atoms with Crippen LogP contribution in [0.3, 0.4) is 0 Å². The standard InChI is InChI=1S/5BrH.Os/h5*1H;/q;;;;;+5/p-5. The normalized spacial score (nSPS) is 19.2. The molecule has 43 valence electrons. The molecule has 6 heavy (non-hydrogen) atoms. The predicted molar refractivity (Wildman–Crippen MR) is 44.6 cm³/mol. The van der Waals surface area contributed by atoms with Crippen molar-refractivity contribution in [2.75, 3.05) is 0 Å². The molecule has 0 aliphatic carbocycles. The minimum atomic E-state index is -2.59. The fourth-order valence-corrected chi connectivity index (χ4v) is 0. The van der Waals surface area contributed by atoms with Gasteiger partial charge in [-0.05, 0) is 0 Å². The van der Waals surface area contributed by atoms with Gasteiger partial charge in [-0.25, -0.2) is 0 Å². The zero-order valence-electron chi connectivity index (χ0n) is 2.24. The van der Waals surface area contributed by atoms with Crippen molar-refractivity contribution < 1.29 is 3.94 Å². The third-order valence-corrected chi connectivity index (χ3v) is 0. The predicted octanol–water partition coefficient (Wildman–Crippen LogP) is 4.23. The number of rotatable bonds is 0. The second-order valence-electron chi connectivity index (χ2n) is 0.505. The minimum absolute atomic E-state index is 2.59. The van der Waals surface area contributed by atoms with Crippen LogP contribution in [0.4, 0.5) is 0 Å². The van der Waals surface area contributed by atoms with Gasteiger partial charge in [0.05, 0.1) is 0 Å². The summed E-state index contributed by atoms with van der Waals surface area (Å²) in [7, 11) is 0. The Morgan fingerprint density at radius 1 is 0.667 bits per heavy atom. The molecule has 0 aliphatic rings. The van der Waals surface area contributed by atoms with Crippen LogP contribution in [0.25, 0.3) is 0 Å². The summed E-state index contributed by atoms with van der Waals surface area (Å²) in [5.41, 5.74) is 0. The molecule has 0 rings (SSSR count). The third kappa shape index (κ3) is 27.8. The molecule has 6 heteroatoms. The van der Waals surface area contributed by atoms with E-state index in [2.05, 4.69) is 67.8 Å². The number of halogens is 5. The summed E-state index contributed by atoms with van der Waals surface area (Å²) in [6, 6.07) is 0. The van der Waals surface area contributed by atoms with E-state index in [4.69, 9.17) is 0 Å². The summed E-state index contributed by atoms with van der Waals surface area (Å²) < 4.78 is -2.59. The van der Waals surface area contributed by atoms with Crippen molar-refractivity contribution in [3.63, 3.8) is 0 Å². The molecule has 0 spiro atoms. The van der Waals surface area contributed by atoms with Gasteiger partial charge < -0.3 is 0 Å². The molecule has 0 amide bonds. The van der Waals surface area contributed by atoms with Crippen molar-refractivity contribution in [2.24, 2.45) is 0 Å². The Morgan fingerprint density at radius 3 is 0.667 bits per heavy atom. The van der Waals surface area contributed by atoms with Crippen LogP contribution in [0.5, 0.6) is 0 Å². The second-order valence-corrected chi connectivity index (χ2v) is 112. The molecule has 0 aromatic heterocycles. The van der Waals surface area contributed by atoms with E-state index in [0.717, 1.165) is 0 Å². The Balaban J connectivity index is 3.73. The molecule has 0 atom stereocenters. The van der Waals surface area contributed by atoms with E-state index in [1.54, 1.807) is 0 Å². The monoisotopic (exact) mass is 587 g/mol. The summed E-state index contributed by atoms with van der Waals surface area (Å²) in [6.45, 7) is 0. The molecule has 0 saturated heterocycles. The Bertz CT molecular complexity index is 37.1. The maximum absolute atomic E-state index is 3.34. The molecule has 0 radical (unpaired) electrons. The zero-order valence-corrected chi connectivity index (χ0v) is 12.7. The van der Waals surface area contributed by atoms with E-state index < -0.39 is 3.94 Å². The maximum atomic E-state index is 3.34. The molecule has 0 unspecified atom stereocenters. The quantitative estimate of drug-likeness (QED) is 0.397. The number of hydrogen-bond donors (Lipinski definition) is 0. The Hall–Kier alpha value is 3.04. The first-order valence-corrected chi connectivity index (χ1v) is 28.4. The molecule has 0 nitrogen and oxygen atoms in total. The van der Waals surface area contributed by atoms with Gasteiger partial charge in [0.25, 0.3) is 0 Å². The van der Waals surface area contributed by atoms with Crippen molar-refractivity contribution in [2.45, 2.75) is 0 Å². The van der Waals surface area contributed by atoms with Crippen LogP contribution in [0.2, 0.25) is 0 Å². The van der Waals surface area contributed by atoms with Gasteiger partial charge in [0.15, 0.2) is 0 Å². The summed E-state index contributed by atoms with van der Waals surface area (Å²) in [6.07, 6.45) is 0. The van der Waals surface area contributed by atoms with E-state index in [-0.39, 0.29) is 0 Å². The zero-order chi connectivity index (χ0) is 5.45. The molecule has 0 aromatic carbocycles. The van der Waals surface area contributed by atoms with E-state index in [9.17, 15) is 0 Å². The first kappa shape index (κ1) is 9.04.